The zero-order chi connectivity index (χ0) is 34.1. The largest absolute Gasteiger partial charge is 0.474 e. The summed E-state index contributed by atoms with van der Waals surface area (Å²) in [5, 5.41) is 13.4. The molecule has 47 heavy (non-hydrogen) atoms. The molecule has 1 amide bonds. The molecule has 0 spiro atoms. The number of hydroxylamine groups is 1. The third kappa shape index (κ3) is 9.20. The minimum absolute atomic E-state index is 0.0362. The van der Waals surface area contributed by atoms with Crippen LogP contribution in [-0.4, -0.2) is 103 Å². The molecular formula is C36H52N8O3. The molecule has 1 unspecified atom stereocenters. The number of amidine groups is 1. The van der Waals surface area contributed by atoms with Gasteiger partial charge in [-0.1, -0.05) is 43.5 Å². The van der Waals surface area contributed by atoms with E-state index < -0.39 is 0 Å². The number of anilines is 2. The number of amides is 1. The standard InChI is InChI=1S/C36H52N8O3/c1-9-13-29(35(45)42-20-18-41(19-21-42)32(37)11-3)14-12-16-38-27(5)40-30-25-43(17-15-28(30)10-2)31-24-39-34-33(26(31)4)44(22-23-46-34)47-36(6,7)8/h9-14,24,27,37-38H,1,3,15-23,25H2,2,4-8H3/b14-12-,28-10-,29-13+,37-32?,40-30-. The summed E-state index contributed by atoms with van der Waals surface area (Å²) in [5.41, 5.74) is 5.56. The van der Waals surface area contributed by atoms with E-state index in [1.165, 1.54) is 11.6 Å². The van der Waals surface area contributed by atoms with E-state index in [2.05, 4.69) is 48.3 Å². The highest BCUT2D eigenvalue weighted by Gasteiger charge is 2.30. The van der Waals surface area contributed by atoms with Crippen LogP contribution in [0.3, 0.4) is 0 Å². The summed E-state index contributed by atoms with van der Waals surface area (Å²) in [6.07, 6.45) is 13.5. The van der Waals surface area contributed by atoms with Crippen molar-refractivity contribution in [1.29, 1.82) is 5.41 Å². The number of pyridine rings is 1. The molecule has 0 radical (unpaired) electrons. The second kappa shape index (κ2) is 16.1. The number of fused-ring (bicyclic) bond motifs is 1. The van der Waals surface area contributed by atoms with Gasteiger partial charge >= 0.3 is 0 Å². The van der Waals surface area contributed by atoms with Crippen molar-refractivity contribution in [2.45, 2.75) is 59.7 Å². The zero-order valence-corrected chi connectivity index (χ0v) is 29.0. The first-order chi connectivity index (χ1) is 22.4. The molecule has 2 N–H and O–H groups in total. The molecule has 0 saturated carbocycles. The predicted molar refractivity (Wildman–Crippen MR) is 192 cm³/mol. The number of rotatable bonds is 10. The van der Waals surface area contributed by atoms with Crippen molar-refractivity contribution in [1.82, 2.24) is 20.1 Å². The number of hydrogen-bond acceptors (Lipinski definition) is 9. The number of nitrogens with zero attached hydrogens (tertiary/aromatic N) is 6. The molecule has 4 heterocycles. The van der Waals surface area contributed by atoms with Gasteiger partial charge in [0.1, 0.15) is 18.1 Å². The summed E-state index contributed by atoms with van der Waals surface area (Å²) in [5.74, 6) is 0.961. The molecule has 0 bridgehead atoms. The molecule has 1 aromatic rings. The Balaban J connectivity index is 1.40. The highest BCUT2D eigenvalue weighted by atomic mass is 16.7. The second-order valence-electron chi connectivity index (χ2n) is 12.9. The predicted octanol–water partition coefficient (Wildman–Crippen LogP) is 4.83. The Morgan fingerprint density at radius 2 is 1.91 bits per heavy atom. The van der Waals surface area contributed by atoms with E-state index in [9.17, 15) is 4.79 Å². The lowest BCUT2D eigenvalue weighted by molar-refractivity contribution is -0.128. The van der Waals surface area contributed by atoms with E-state index in [1.54, 1.807) is 12.2 Å². The third-order valence-corrected chi connectivity index (χ3v) is 8.29. The van der Waals surface area contributed by atoms with Crippen molar-refractivity contribution in [2.75, 3.05) is 68.9 Å². The summed E-state index contributed by atoms with van der Waals surface area (Å²) < 4.78 is 5.89. The lowest BCUT2D eigenvalue weighted by Crippen LogP contribution is -2.50. The molecule has 4 rings (SSSR count). The second-order valence-corrected chi connectivity index (χ2v) is 12.9. The Hall–Kier alpha value is -4.22. The smallest absolute Gasteiger partial charge is 0.253 e. The van der Waals surface area contributed by atoms with Gasteiger partial charge in [-0.05, 0) is 59.6 Å². The fourth-order valence-electron chi connectivity index (χ4n) is 5.93. The van der Waals surface area contributed by atoms with E-state index >= 15 is 0 Å². The number of ether oxygens (including phenoxy) is 1. The van der Waals surface area contributed by atoms with Crippen molar-refractivity contribution in [3.63, 3.8) is 0 Å². The minimum atomic E-state index is -0.339. The Labute approximate surface area is 280 Å². The van der Waals surface area contributed by atoms with Crippen LogP contribution < -0.4 is 20.0 Å². The molecule has 11 nitrogen and oxygen atoms in total. The molecule has 1 aromatic heterocycles. The maximum absolute atomic E-state index is 13.2. The minimum Gasteiger partial charge on any atom is -0.474 e. The van der Waals surface area contributed by atoms with Crippen LogP contribution in [-0.2, 0) is 9.63 Å². The van der Waals surface area contributed by atoms with Crippen molar-refractivity contribution < 1.29 is 14.4 Å². The van der Waals surface area contributed by atoms with Crippen LogP contribution in [0, 0.1) is 12.3 Å². The van der Waals surface area contributed by atoms with Crippen LogP contribution in [0.1, 0.15) is 46.6 Å². The molecule has 0 aliphatic carbocycles. The average Bonchev–Trinajstić information content (AvgIpc) is 3.05. The molecule has 0 aromatic carbocycles. The summed E-state index contributed by atoms with van der Waals surface area (Å²) >= 11 is 0. The number of carbonyl (C=O) groups is 1. The lowest BCUT2D eigenvalue weighted by Gasteiger charge is -2.38. The Kier molecular flexibility index (Phi) is 12.2. The van der Waals surface area contributed by atoms with Gasteiger partial charge in [0.15, 0.2) is 0 Å². The normalized spacial score (nSPS) is 20.0. The number of nitrogens with one attached hydrogen (secondary N) is 2. The van der Waals surface area contributed by atoms with Gasteiger partial charge < -0.3 is 19.4 Å². The number of carbonyl (C=O) groups excluding carboxylic acids is 1. The fraction of sp³-hybridized carbons (Fsp3) is 0.500. The maximum atomic E-state index is 13.2. The quantitative estimate of drug-likeness (QED) is 0.161. The SMILES string of the molecule is C=C/C=C(\C=C/CNC(C)/N=C1/CN(c2cnc3c(c2C)N(OC(C)(C)C)CCO3)CC/C1=C/C)C(=O)N1CCN(C(=N)C=C)CC1. The number of hydrogen-bond donors (Lipinski definition) is 2. The molecule has 3 aliphatic heterocycles. The first-order valence-electron chi connectivity index (χ1n) is 16.5. The lowest BCUT2D eigenvalue weighted by atomic mass is 10.00. The van der Waals surface area contributed by atoms with Crippen LogP contribution in [0.15, 0.2) is 71.9 Å². The van der Waals surface area contributed by atoms with Gasteiger partial charge in [-0.3, -0.25) is 25.4 Å². The molecule has 1 atom stereocenters. The molecular weight excluding hydrogens is 592 g/mol. The number of aromatic nitrogens is 1. The van der Waals surface area contributed by atoms with E-state index in [4.69, 9.17) is 20.0 Å². The van der Waals surface area contributed by atoms with Gasteiger partial charge in [0.25, 0.3) is 5.91 Å². The van der Waals surface area contributed by atoms with Gasteiger partial charge in [0.2, 0.25) is 5.88 Å². The summed E-state index contributed by atoms with van der Waals surface area (Å²) in [6, 6.07) is 0. The van der Waals surface area contributed by atoms with Crippen molar-refractivity contribution in [3.05, 3.63) is 72.5 Å². The van der Waals surface area contributed by atoms with Gasteiger partial charge in [-0.2, -0.15) is 0 Å². The van der Waals surface area contributed by atoms with Crippen molar-refractivity contribution >= 4 is 28.8 Å². The van der Waals surface area contributed by atoms with E-state index in [0.717, 1.165) is 35.6 Å². The van der Waals surface area contributed by atoms with Gasteiger partial charge in [-0.25, -0.2) is 10.0 Å². The number of allylic oxidation sites excluding steroid dienone is 3. The molecule has 2 saturated heterocycles. The number of piperidine rings is 1. The van der Waals surface area contributed by atoms with E-state index in [1.807, 2.05) is 60.9 Å². The van der Waals surface area contributed by atoms with Crippen LogP contribution >= 0.6 is 0 Å². The molecule has 2 fully saturated rings. The average molecular weight is 645 g/mol. The Morgan fingerprint density at radius 3 is 2.57 bits per heavy atom. The summed E-state index contributed by atoms with van der Waals surface area (Å²) in [6.45, 7) is 25.4. The fourth-order valence-corrected chi connectivity index (χ4v) is 5.93. The first kappa shape index (κ1) is 35.6. The van der Waals surface area contributed by atoms with E-state index in [0.29, 0.717) is 69.7 Å². The van der Waals surface area contributed by atoms with Gasteiger partial charge in [0, 0.05) is 50.4 Å². The summed E-state index contributed by atoms with van der Waals surface area (Å²) in [7, 11) is 0. The highest BCUT2D eigenvalue weighted by Crippen LogP contribution is 2.39. The van der Waals surface area contributed by atoms with Crippen molar-refractivity contribution in [2.24, 2.45) is 4.99 Å². The number of piperazine rings is 1. The van der Waals surface area contributed by atoms with Crippen LogP contribution in [0.25, 0.3) is 0 Å². The van der Waals surface area contributed by atoms with Crippen LogP contribution in [0.4, 0.5) is 11.4 Å². The zero-order valence-electron chi connectivity index (χ0n) is 29.0. The van der Waals surface area contributed by atoms with E-state index in [-0.39, 0.29) is 17.7 Å². The Bertz CT molecular complexity index is 1450. The monoisotopic (exact) mass is 644 g/mol. The molecule has 11 heteroatoms. The van der Waals surface area contributed by atoms with Gasteiger partial charge in [0.05, 0.1) is 42.5 Å². The van der Waals surface area contributed by atoms with Crippen LogP contribution in [0.5, 0.6) is 5.88 Å². The van der Waals surface area contributed by atoms with Crippen LogP contribution in [0.2, 0.25) is 0 Å². The topological polar surface area (TPSA) is 110 Å². The molecule has 3 aliphatic rings. The van der Waals surface area contributed by atoms with Gasteiger partial charge in [-0.15, -0.1) is 0 Å². The maximum Gasteiger partial charge on any atom is 0.253 e. The Morgan fingerprint density at radius 1 is 1.19 bits per heavy atom. The third-order valence-electron chi connectivity index (χ3n) is 8.29. The number of aliphatic imine (C=N–C) groups is 1. The molecule has 254 valence electrons. The first-order valence-corrected chi connectivity index (χ1v) is 16.5. The summed E-state index contributed by atoms with van der Waals surface area (Å²) in [4.78, 5) is 35.3. The van der Waals surface area contributed by atoms with Crippen molar-refractivity contribution in [3.8, 4) is 5.88 Å². The highest BCUT2D eigenvalue weighted by molar-refractivity contribution is 6.04.